The monoisotopic (exact) mass is 237 g/mol. The van der Waals surface area contributed by atoms with Gasteiger partial charge in [0, 0.05) is 0 Å². The van der Waals surface area contributed by atoms with E-state index in [1.165, 1.54) is 12.1 Å². The van der Waals surface area contributed by atoms with Crippen molar-refractivity contribution in [1.82, 2.24) is 4.98 Å². The lowest BCUT2D eigenvalue weighted by molar-refractivity contribution is 0.111. The molecule has 1 heterocycles. The first-order valence-electron chi connectivity index (χ1n) is 4.35. The van der Waals surface area contributed by atoms with Crippen molar-refractivity contribution in [3.8, 4) is 0 Å². The summed E-state index contributed by atoms with van der Waals surface area (Å²) in [7, 11) is -3.76. The standard InChI is InChI=1S/C10H7NO4S/c12-6-8-7-15-10(11-8)16(13,14)9-4-2-1-3-5-9/h1-7H. The SMILES string of the molecule is O=Cc1coc(S(=O)(=O)c2ccccc2)n1. The van der Waals surface area contributed by atoms with Gasteiger partial charge in [-0.2, -0.15) is 4.98 Å². The van der Waals surface area contributed by atoms with Gasteiger partial charge in [0.1, 0.15) is 12.0 Å². The number of aromatic nitrogens is 1. The summed E-state index contributed by atoms with van der Waals surface area (Å²) in [5.41, 5.74) is -0.0468. The fourth-order valence-electron chi connectivity index (χ4n) is 1.15. The molecule has 0 saturated carbocycles. The van der Waals surface area contributed by atoms with E-state index in [0.29, 0.717) is 6.29 Å². The van der Waals surface area contributed by atoms with Gasteiger partial charge < -0.3 is 4.42 Å². The molecular weight excluding hydrogens is 230 g/mol. The third-order valence-electron chi connectivity index (χ3n) is 1.91. The van der Waals surface area contributed by atoms with Crippen molar-refractivity contribution in [3.05, 3.63) is 42.3 Å². The Balaban J connectivity index is 2.51. The second-order valence-electron chi connectivity index (χ2n) is 2.97. The summed E-state index contributed by atoms with van der Waals surface area (Å²) in [6.45, 7) is 0. The van der Waals surface area contributed by atoms with E-state index < -0.39 is 15.1 Å². The van der Waals surface area contributed by atoms with Gasteiger partial charge in [-0.1, -0.05) is 18.2 Å². The number of nitrogens with zero attached hydrogens (tertiary/aromatic N) is 1. The Hall–Kier alpha value is -1.95. The van der Waals surface area contributed by atoms with E-state index in [4.69, 9.17) is 4.42 Å². The molecule has 2 aromatic rings. The topological polar surface area (TPSA) is 77.2 Å². The lowest BCUT2D eigenvalue weighted by Gasteiger charge is -1.97. The van der Waals surface area contributed by atoms with Gasteiger partial charge in [0.05, 0.1) is 4.90 Å². The van der Waals surface area contributed by atoms with Gasteiger partial charge in [-0.25, -0.2) is 8.42 Å². The van der Waals surface area contributed by atoms with Crippen LogP contribution in [0.25, 0.3) is 0 Å². The maximum absolute atomic E-state index is 11.9. The van der Waals surface area contributed by atoms with Crippen LogP contribution in [0.4, 0.5) is 0 Å². The number of carbonyl (C=O) groups excluding carboxylic acids is 1. The van der Waals surface area contributed by atoms with Crippen LogP contribution in [0.15, 0.2) is 51.1 Å². The van der Waals surface area contributed by atoms with Crippen molar-refractivity contribution in [3.63, 3.8) is 0 Å². The number of benzene rings is 1. The lowest BCUT2D eigenvalue weighted by Crippen LogP contribution is -2.02. The minimum Gasteiger partial charge on any atom is -0.436 e. The zero-order valence-electron chi connectivity index (χ0n) is 8.03. The minimum atomic E-state index is -3.76. The molecule has 2 rings (SSSR count). The second-order valence-corrected chi connectivity index (χ2v) is 4.80. The van der Waals surface area contributed by atoms with Gasteiger partial charge in [-0.05, 0) is 12.1 Å². The molecule has 0 fully saturated rings. The van der Waals surface area contributed by atoms with E-state index in [2.05, 4.69) is 4.98 Å². The first-order valence-corrected chi connectivity index (χ1v) is 5.84. The highest BCUT2D eigenvalue weighted by Gasteiger charge is 2.23. The van der Waals surface area contributed by atoms with Crippen LogP contribution in [0.2, 0.25) is 0 Å². The van der Waals surface area contributed by atoms with E-state index in [1.807, 2.05) is 0 Å². The number of sulfone groups is 1. The van der Waals surface area contributed by atoms with Gasteiger partial charge in [0.25, 0.3) is 9.84 Å². The summed E-state index contributed by atoms with van der Waals surface area (Å²) in [4.78, 5) is 14.0. The quantitative estimate of drug-likeness (QED) is 0.752. The zero-order chi connectivity index (χ0) is 11.6. The molecule has 1 aromatic carbocycles. The number of aldehydes is 1. The Morgan fingerprint density at radius 1 is 1.19 bits per heavy atom. The van der Waals surface area contributed by atoms with E-state index in [9.17, 15) is 13.2 Å². The van der Waals surface area contributed by atoms with Gasteiger partial charge in [0.2, 0.25) is 0 Å². The van der Waals surface area contributed by atoms with Crippen LogP contribution >= 0.6 is 0 Å². The predicted molar refractivity (Wildman–Crippen MR) is 53.8 cm³/mol. The molecule has 16 heavy (non-hydrogen) atoms. The van der Waals surface area contributed by atoms with E-state index >= 15 is 0 Å². The highest BCUT2D eigenvalue weighted by Crippen LogP contribution is 2.19. The summed E-state index contributed by atoms with van der Waals surface area (Å²) in [5, 5.41) is -0.471. The molecule has 0 atom stereocenters. The van der Waals surface area contributed by atoms with Crippen LogP contribution in [0.1, 0.15) is 10.5 Å². The van der Waals surface area contributed by atoms with Crippen LogP contribution < -0.4 is 0 Å². The number of hydrogen-bond donors (Lipinski definition) is 0. The van der Waals surface area contributed by atoms with Crippen LogP contribution in [-0.2, 0) is 9.84 Å². The number of carbonyl (C=O) groups is 1. The Bertz CT molecular complexity index is 601. The van der Waals surface area contributed by atoms with E-state index in [1.54, 1.807) is 18.2 Å². The van der Waals surface area contributed by atoms with Crippen molar-refractivity contribution in [2.24, 2.45) is 0 Å². The Morgan fingerprint density at radius 3 is 2.44 bits per heavy atom. The number of rotatable bonds is 3. The summed E-state index contributed by atoms with van der Waals surface area (Å²) in [6, 6.07) is 7.75. The largest absolute Gasteiger partial charge is 0.436 e. The van der Waals surface area contributed by atoms with Crippen LogP contribution in [0.5, 0.6) is 0 Å². The maximum atomic E-state index is 11.9. The molecule has 0 N–H and O–H groups in total. The first-order chi connectivity index (χ1) is 7.64. The normalized spacial score (nSPS) is 11.2. The molecule has 0 aliphatic heterocycles. The third kappa shape index (κ3) is 1.74. The Labute approximate surface area is 91.7 Å². The molecule has 0 radical (unpaired) electrons. The summed E-state index contributed by atoms with van der Waals surface area (Å²) < 4.78 is 28.5. The van der Waals surface area contributed by atoms with Gasteiger partial charge in [0.15, 0.2) is 6.29 Å². The Morgan fingerprint density at radius 2 is 1.88 bits per heavy atom. The maximum Gasteiger partial charge on any atom is 0.320 e. The fourth-order valence-corrected chi connectivity index (χ4v) is 2.26. The smallest absolute Gasteiger partial charge is 0.320 e. The average molecular weight is 237 g/mol. The molecule has 0 bridgehead atoms. The highest BCUT2D eigenvalue weighted by molar-refractivity contribution is 7.91. The molecule has 0 unspecified atom stereocenters. The first kappa shape index (κ1) is 10.6. The van der Waals surface area contributed by atoms with Gasteiger partial charge in [-0.15, -0.1) is 0 Å². The fraction of sp³-hybridized carbons (Fsp3) is 0. The van der Waals surface area contributed by atoms with Crippen LogP contribution in [0, 0.1) is 0 Å². The van der Waals surface area contributed by atoms with Gasteiger partial charge in [-0.3, -0.25) is 4.79 Å². The third-order valence-corrected chi connectivity index (χ3v) is 3.45. The molecule has 0 aliphatic carbocycles. The number of oxazole rings is 1. The molecule has 0 amide bonds. The second kappa shape index (κ2) is 3.90. The highest BCUT2D eigenvalue weighted by atomic mass is 32.2. The molecule has 0 aliphatic rings. The van der Waals surface area contributed by atoms with Crippen molar-refractivity contribution < 1.29 is 17.6 Å². The molecule has 0 saturated heterocycles. The minimum absolute atomic E-state index is 0.0468. The molecule has 6 heteroatoms. The van der Waals surface area contributed by atoms with Crippen LogP contribution in [-0.4, -0.2) is 19.7 Å². The summed E-state index contributed by atoms with van der Waals surface area (Å²) in [6.07, 6.45) is 1.43. The summed E-state index contributed by atoms with van der Waals surface area (Å²) >= 11 is 0. The average Bonchev–Trinajstić information content (AvgIpc) is 2.79. The van der Waals surface area contributed by atoms with E-state index in [0.717, 1.165) is 6.26 Å². The molecule has 0 spiro atoms. The van der Waals surface area contributed by atoms with Gasteiger partial charge >= 0.3 is 5.22 Å². The predicted octanol–water partition coefficient (Wildman–Crippen LogP) is 1.32. The molecule has 82 valence electrons. The Kier molecular flexibility index (Phi) is 2.57. The molecule has 1 aromatic heterocycles. The van der Waals surface area contributed by atoms with Crippen molar-refractivity contribution in [1.29, 1.82) is 0 Å². The summed E-state index contributed by atoms with van der Waals surface area (Å²) in [5.74, 6) is 0. The number of hydrogen-bond acceptors (Lipinski definition) is 5. The zero-order valence-corrected chi connectivity index (χ0v) is 8.85. The van der Waals surface area contributed by atoms with Crippen molar-refractivity contribution >= 4 is 16.1 Å². The molecular formula is C10H7NO4S. The lowest BCUT2D eigenvalue weighted by atomic mass is 10.4. The van der Waals surface area contributed by atoms with Crippen LogP contribution in [0.3, 0.4) is 0 Å². The van der Waals surface area contributed by atoms with Crippen molar-refractivity contribution in [2.75, 3.05) is 0 Å². The molecule has 5 nitrogen and oxygen atoms in total. The van der Waals surface area contributed by atoms with Crippen molar-refractivity contribution in [2.45, 2.75) is 10.1 Å². The van der Waals surface area contributed by atoms with E-state index in [-0.39, 0.29) is 10.6 Å².